The maximum Gasteiger partial charge on any atom is 0.328 e. The number of aromatic amines is 1. The molecule has 0 aliphatic rings. The van der Waals surface area contributed by atoms with E-state index in [9.17, 15) is 14.4 Å². The highest BCUT2D eigenvalue weighted by molar-refractivity contribution is 5.92. The van der Waals surface area contributed by atoms with Gasteiger partial charge in [-0.15, -0.1) is 0 Å². The van der Waals surface area contributed by atoms with E-state index in [1.165, 1.54) is 19.4 Å². The average molecular weight is 383 g/mol. The third-order valence-corrected chi connectivity index (χ3v) is 4.30. The van der Waals surface area contributed by atoms with Gasteiger partial charge in [-0.05, 0) is 23.8 Å². The molecule has 8 heteroatoms. The molecule has 28 heavy (non-hydrogen) atoms. The van der Waals surface area contributed by atoms with Crippen LogP contribution in [0, 0.1) is 0 Å². The second-order valence-corrected chi connectivity index (χ2v) is 6.19. The van der Waals surface area contributed by atoms with E-state index in [0.29, 0.717) is 6.42 Å². The van der Waals surface area contributed by atoms with Crippen molar-refractivity contribution in [3.63, 3.8) is 0 Å². The molecule has 0 bridgehead atoms. The monoisotopic (exact) mass is 383 g/mol. The van der Waals surface area contributed by atoms with Gasteiger partial charge in [-0.1, -0.05) is 18.2 Å². The second kappa shape index (κ2) is 8.90. The summed E-state index contributed by atoms with van der Waals surface area (Å²) in [6, 6.07) is 10.0. The summed E-state index contributed by atoms with van der Waals surface area (Å²) in [5.74, 6) is -1.12. The first-order valence-corrected chi connectivity index (χ1v) is 8.82. The van der Waals surface area contributed by atoms with Crippen LogP contribution in [-0.4, -0.2) is 42.5 Å². The molecule has 2 heterocycles. The third-order valence-electron chi connectivity index (χ3n) is 4.30. The predicted molar refractivity (Wildman–Crippen MR) is 102 cm³/mol. The number of rotatable bonds is 8. The number of methoxy groups -OCH3 is 1. The molecule has 3 N–H and O–H groups in total. The molecule has 2 aromatic heterocycles. The number of furan rings is 1. The highest BCUT2D eigenvalue weighted by Crippen LogP contribution is 2.19. The Hall–Kier alpha value is -3.55. The van der Waals surface area contributed by atoms with Gasteiger partial charge < -0.3 is 24.8 Å². The summed E-state index contributed by atoms with van der Waals surface area (Å²) < 4.78 is 9.80. The van der Waals surface area contributed by atoms with E-state index in [4.69, 9.17) is 9.15 Å². The van der Waals surface area contributed by atoms with Gasteiger partial charge in [0.05, 0.1) is 13.4 Å². The molecule has 1 aromatic carbocycles. The van der Waals surface area contributed by atoms with Gasteiger partial charge >= 0.3 is 5.97 Å². The zero-order valence-electron chi connectivity index (χ0n) is 15.4. The van der Waals surface area contributed by atoms with Crippen molar-refractivity contribution < 1.29 is 23.5 Å². The molecule has 3 rings (SSSR count). The number of aromatic nitrogens is 1. The van der Waals surface area contributed by atoms with Gasteiger partial charge in [0, 0.05) is 36.5 Å². The predicted octanol–water partition coefficient (Wildman–Crippen LogP) is 1.78. The highest BCUT2D eigenvalue weighted by atomic mass is 16.5. The van der Waals surface area contributed by atoms with Crippen molar-refractivity contribution in [2.75, 3.05) is 13.7 Å². The lowest BCUT2D eigenvalue weighted by Crippen LogP contribution is -2.44. The third kappa shape index (κ3) is 4.59. The molecule has 0 fully saturated rings. The van der Waals surface area contributed by atoms with E-state index in [2.05, 4.69) is 15.6 Å². The van der Waals surface area contributed by atoms with Crippen LogP contribution in [0.5, 0.6) is 0 Å². The number of esters is 1. The van der Waals surface area contributed by atoms with Crippen LogP contribution in [-0.2, 0) is 20.7 Å². The van der Waals surface area contributed by atoms with Crippen molar-refractivity contribution in [2.24, 2.45) is 0 Å². The summed E-state index contributed by atoms with van der Waals surface area (Å²) in [6.45, 7) is 0.117. The summed E-state index contributed by atoms with van der Waals surface area (Å²) in [5.41, 5.74) is 1.85. The number of carbonyl (C=O) groups excluding carboxylic acids is 3. The van der Waals surface area contributed by atoms with Gasteiger partial charge in [-0.2, -0.15) is 0 Å². The minimum Gasteiger partial charge on any atom is -0.467 e. The van der Waals surface area contributed by atoms with E-state index >= 15 is 0 Å². The van der Waals surface area contributed by atoms with Crippen LogP contribution in [0.25, 0.3) is 10.9 Å². The van der Waals surface area contributed by atoms with E-state index in [-0.39, 0.29) is 24.6 Å². The summed E-state index contributed by atoms with van der Waals surface area (Å²) in [6.07, 6.45) is 3.53. The molecule has 0 aliphatic heterocycles. The van der Waals surface area contributed by atoms with Gasteiger partial charge in [0.2, 0.25) is 5.91 Å². The first-order valence-electron chi connectivity index (χ1n) is 8.82. The molecule has 0 spiro atoms. The number of carbonyl (C=O) groups is 3. The molecular weight excluding hydrogens is 362 g/mol. The van der Waals surface area contributed by atoms with Crippen LogP contribution in [0.3, 0.4) is 0 Å². The van der Waals surface area contributed by atoms with Crippen molar-refractivity contribution in [2.45, 2.75) is 18.9 Å². The number of benzene rings is 1. The molecular formula is C20H21N3O5. The Labute approximate surface area is 161 Å². The van der Waals surface area contributed by atoms with Crippen molar-refractivity contribution >= 4 is 28.7 Å². The molecule has 0 unspecified atom stereocenters. The largest absolute Gasteiger partial charge is 0.467 e. The number of fused-ring (bicyclic) bond motifs is 1. The summed E-state index contributed by atoms with van der Waals surface area (Å²) in [4.78, 5) is 39.3. The van der Waals surface area contributed by atoms with E-state index in [0.717, 1.165) is 16.5 Å². The minimum atomic E-state index is -0.822. The van der Waals surface area contributed by atoms with Crippen LogP contribution in [0.2, 0.25) is 0 Å². The molecule has 0 radical (unpaired) electrons. The van der Waals surface area contributed by atoms with E-state index < -0.39 is 17.9 Å². The first kappa shape index (κ1) is 19.2. The number of ether oxygens (including phenoxy) is 1. The zero-order chi connectivity index (χ0) is 19.9. The molecule has 2 amide bonds. The van der Waals surface area contributed by atoms with Crippen LogP contribution in [0.15, 0.2) is 53.3 Å². The van der Waals surface area contributed by atoms with Crippen LogP contribution >= 0.6 is 0 Å². The quantitative estimate of drug-likeness (QED) is 0.513. The topological polar surface area (TPSA) is 113 Å². The van der Waals surface area contributed by atoms with E-state index in [1.54, 1.807) is 6.07 Å². The number of hydrogen-bond acceptors (Lipinski definition) is 5. The maximum atomic E-state index is 12.2. The first-order chi connectivity index (χ1) is 13.6. The van der Waals surface area contributed by atoms with Crippen molar-refractivity contribution in [3.8, 4) is 0 Å². The second-order valence-electron chi connectivity index (χ2n) is 6.19. The van der Waals surface area contributed by atoms with Crippen molar-refractivity contribution in [1.29, 1.82) is 0 Å². The van der Waals surface area contributed by atoms with Crippen LogP contribution in [0.4, 0.5) is 0 Å². The number of nitrogens with one attached hydrogen (secondary N) is 3. The minimum absolute atomic E-state index is 0.0217. The van der Waals surface area contributed by atoms with Crippen LogP contribution < -0.4 is 10.6 Å². The van der Waals surface area contributed by atoms with Gasteiger partial charge in [0.25, 0.3) is 5.91 Å². The Morgan fingerprint density at radius 1 is 1.18 bits per heavy atom. The average Bonchev–Trinajstić information content (AvgIpc) is 3.37. The van der Waals surface area contributed by atoms with Gasteiger partial charge in [-0.25, -0.2) is 4.79 Å². The smallest absolute Gasteiger partial charge is 0.328 e. The lowest BCUT2D eigenvalue weighted by atomic mass is 10.0. The fraction of sp³-hybridized carbons (Fsp3) is 0.250. The van der Waals surface area contributed by atoms with Crippen molar-refractivity contribution in [1.82, 2.24) is 15.6 Å². The Morgan fingerprint density at radius 2 is 2.00 bits per heavy atom. The zero-order valence-corrected chi connectivity index (χ0v) is 15.4. The number of amides is 2. The summed E-state index contributed by atoms with van der Waals surface area (Å²) in [5, 5.41) is 6.25. The standard InChI is InChI=1S/C20H21N3O5/c1-27-20(26)16(11-13-12-22-15-6-3-2-5-14(13)15)23-18(24)8-9-21-19(25)17-7-4-10-28-17/h2-7,10,12,16,22H,8-9,11H2,1H3,(H,21,25)(H,23,24)/t16-/m1/s1. The molecule has 3 aromatic rings. The number of hydrogen-bond donors (Lipinski definition) is 3. The Bertz CT molecular complexity index is 961. The summed E-state index contributed by atoms with van der Waals surface area (Å²) >= 11 is 0. The lowest BCUT2D eigenvalue weighted by molar-refractivity contribution is -0.145. The number of H-pyrrole nitrogens is 1. The molecule has 0 saturated heterocycles. The maximum absolute atomic E-state index is 12.2. The summed E-state index contributed by atoms with van der Waals surface area (Å²) in [7, 11) is 1.28. The normalized spacial score (nSPS) is 11.8. The van der Waals surface area contributed by atoms with Crippen LogP contribution in [0.1, 0.15) is 22.5 Å². The fourth-order valence-electron chi connectivity index (χ4n) is 2.91. The Morgan fingerprint density at radius 3 is 2.75 bits per heavy atom. The van der Waals surface area contributed by atoms with Gasteiger partial charge in [0.1, 0.15) is 6.04 Å². The molecule has 1 atom stereocenters. The highest BCUT2D eigenvalue weighted by Gasteiger charge is 2.23. The van der Waals surface area contributed by atoms with Crippen molar-refractivity contribution in [3.05, 3.63) is 60.2 Å². The lowest BCUT2D eigenvalue weighted by Gasteiger charge is -2.16. The molecule has 146 valence electrons. The van der Waals surface area contributed by atoms with Gasteiger partial charge in [0.15, 0.2) is 5.76 Å². The fourth-order valence-corrected chi connectivity index (χ4v) is 2.91. The molecule has 8 nitrogen and oxygen atoms in total. The Balaban J connectivity index is 1.57. The van der Waals surface area contributed by atoms with E-state index in [1.807, 2.05) is 30.5 Å². The Kier molecular flexibility index (Phi) is 6.11. The molecule has 0 saturated carbocycles. The van der Waals surface area contributed by atoms with Gasteiger partial charge in [-0.3, -0.25) is 9.59 Å². The molecule has 0 aliphatic carbocycles. The number of para-hydroxylation sites is 1. The SMILES string of the molecule is COC(=O)[C@@H](Cc1c[nH]c2ccccc12)NC(=O)CCNC(=O)c1ccco1.